The minimum Gasteiger partial charge on any atom is -0.487 e. The van der Waals surface area contributed by atoms with Crippen LogP contribution in [0.4, 0.5) is 0 Å². The number of ether oxygens (including phenoxy) is 1. The molecule has 0 aromatic heterocycles. The van der Waals surface area contributed by atoms with Crippen molar-refractivity contribution in [3.63, 3.8) is 0 Å². The summed E-state index contributed by atoms with van der Waals surface area (Å²) in [6, 6.07) is 8.58. The summed E-state index contributed by atoms with van der Waals surface area (Å²) >= 11 is 0. The lowest BCUT2D eigenvalue weighted by atomic mass is 9.83. The van der Waals surface area contributed by atoms with Crippen LogP contribution in [0.2, 0.25) is 0 Å². The number of halogens is 1. The molecule has 0 bridgehead atoms. The third kappa shape index (κ3) is 2.56. The fraction of sp³-hybridized carbons (Fsp3) is 0.647. The van der Waals surface area contributed by atoms with E-state index in [1.807, 2.05) is 0 Å². The average molecular weight is 294 g/mol. The van der Waals surface area contributed by atoms with E-state index in [0.29, 0.717) is 0 Å². The van der Waals surface area contributed by atoms with Crippen LogP contribution in [0.25, 0.3) is 0 Å². The number of hydrogen-bond donors (Lipinski definition) is 0. The van der Waals surface area contributed by atoms with E-state index in [2.05, 4.69) is 29.2 Å². The fourth-order valence-electron chi connectivity index (χ4n) is 3.83. The summed E-state index contributed by atoms with van der Waals surface area (Å²) in [5, 5.41) is 0. The monoisotopic (exact) mass is 293 g/mol. The maximum Gasteiger partial charge on any atom is 0.123 e. The van der Waals surface area contributed by atoms with Crippen LogP contribution in [-0.2, 0) is 6.42 Å². The molecule has 2 heterocycles. The molecule has 4 rings (SSSR count). The number of fused-ring (bicyclic) bond motifs is 1. The third-order valence-electron chi connectivity index (χ3n) is 5.32. The van der Waals surface area contributed by atoms with E-state index in [-0.39, 0.29) is 18.0 Å². The number of hydrogen-bond acceptors (Lipinski definition) is 2. The molecule has 1 saturated heterocycles. The summed E-state index contributed by atoms with van der Waals surface area (Å²) in [5.74, 6) is 2.13. The summed E-state index contributed by atoms with van der Waals surface area (Å²) in [6.45, 7) is 3.79. The lowest BCUT2D eigenvalue weighted by molar-refractivity contribution is 0.0109. The van der Waals surface area contributed by atoms with E-state index in [1.165, 1.54) is 57.3 Å². The second-order valence-corrected chi connectivity index (χ2v) is 6.67. The van der Waals surface area contributed by atoms with E-state index >= 15 is 0 Å². The number of nitrogens with zero attached hydrogens (tertiary/aromatic N) is 1. The van der Waals surface area contributed by atoms with Crippen molar-refractivity contribution in [1.29, 1.82) is 0 Å². The maximum atomic E-state index is 6.30. The van der Waals surface area contributed by atoms with Gasteiger partial charge in [0.15, 0.2) is 0 Å². The second-order valence-electron chi connectivity index (χ2n) is 6.67. The van der Waals surface area contributed by atoms with Crippen molar-refractivity contribution in [2.45, 2.75) is 44.1 Å². The zero-order valence-corrected chi connectivity index (χ0v) is 12.8. The van der Waals surface area contributed by atoms with Gasteiger partial charge in [0.25, 0.3) is 0 Å². The minimum absolute atomic E-state index is 0. The molecule has 1 aromatic rings. The molecule has 0 amide bonds. The molecular formula is C17H24ClNO. The molecule has 3 heteroatoms. The second kappa shape index (κ2) is 5.57. The predicted molar refractivity (Wildman–Crippen MR) is 83.8 cm³/mol. The summed E-state index contributed by atoms with van der Waals surface area (Å²) in [6.07, 6.45) is 7.91. The smallest absolute Gasteiger partial charge is 0.123 e. The largest absolute Gasteiger partial charge is 0.487 e. The van der Waals surface area contributed by atoms with Gasteiger partial charge in [-0.3, -0.25) is 0 Å². The zero-order chi connectivity index (χ0) is 12.7. The van der Waals surface area contributed by atoms with E-state index in [0.717, 1.165) is 18.1 Å². The SMILES string of the molecule is Cl.c1ccc2c(c1)CC1(CCN(CC3CCC3)CC1)O2. The summed E-state index contributed by atoms with van der Waals surface area (Å²) < 4.78 is 6.30. The van der Waals surface area contributed by atoms with Crippen LogP contribution in [0.1, 0.15) is 37.7 Å². The molecule has 3 aliphatic rings. The highest BCUT2D eigenvalue weighted by Gasteiger charge is 2.42. The number of likely N-dealkylation sites (tertiary alicyclic amines) is 1. The lowest BCUT2D eigenvalue weighted by Crippen LogP contribution is -2.48. The standard InChI is InChI=1S/C17H23NO.ClH/c1-2-7-16-15(6-1)12-17(19-16)8-10-18(11-9-17)13-14-4-3-5-14;/h1-2,6-7,14H,3-5,8-13H2;1H. The van der Waals surface area contributed by atoms with Crippen molar-refractivity contribution in [3.05, 3.63) is 29.8 Å². The van der Waals surface area contributed by atoms with E-state index in [4.69, 9.17) is 4.74 Å². The first-order chi connectivity index (χ1) is 9.33. The van der Waals surface area contributed by atoms with Gasteiger partial charge in [-0.25, -0.2) is 0 Å². The Labute approximate surface area is 127 Å². The van der Waals surface area contributed by atoms with Crippen LogP contribution in [0.5, 0.6) is 5.75 Å². The molecule has 0 atom stereocenters. The first-order valence-electron chi connectivity index (χ1n) is 7.82. The summed E-state index contributed by atoms with van der Waals surface area (Å²) in [5.41, 5.74) is 1.54. The van der Waals surface area contributed by atoms with Gasteiger partial charge >= 0.3 is 0 Å². The lowest BCUT2D eigenvalue weighted by Gasteiger charge is -2.41. The summed E-state index contributed by atoms with van der Waals surface area (Å²) in [4.78, 5) is 2.67. The molecule has 1 aliphatic carbocycles. The molecule has 0 radical (unpaired) electrons. The van der Waals surface area contributed by atoms with Crippen LogP contribution in [-0.4, -0.2) is 30.1 Å². The molecule has 110 valence electrons. The van der Waals surface area contributed by atoms with Gasteiger partial charge < -0.3 is 9.64 Å². The first kappa shape index (κ1) is 14.2. The molecule has 1 spiro atoms. The van der Waals surface area contributed by atoms with Crippen molar-refractivity contribution in [3.8, 4) is 5.75 Å². The Balaban J connectivity index is 0.00000121. The molecule has 1 aromatic carbocycles. The van der Waals surface area contributed by atoms with Crippen molar-refractivity contribution >= 4 is 12.4 Å². The molecule has 1 saturated carbocycles. The molecule has 2 fully saturated rings. The van der Waals surface area contributed by atoms with Gasteiger partial charge in [0, 0.05) is 38.9 Å². The molecule has 2 nitrogen and oxygen atoms in total. The topological polar surface area (TPSA) is 12.5 Å². The molecule has 0 N–H and O–H groups in total. The molecule has 2 aliphatic heterocycles. The van der Waals surface area contributed by atoms with Gasteiger partial charge in [-0.2, -0.15) is 0 Å². The highest BCUT2D eigenvalue weighted by atomic mass is 35.5. The Morgan fingerprint density at radius 3 is 2.55 bits per heavy atom. The first-order valence-corrected chi connectivity index (χ1v) is 7.82. The normalized spacial score (nSPS) is 24.6. The number of benzene rings is 1. The van der Waals surface area contributed by atoms with E-state index < -0.39 is 0 Å². The molecular weight excluding hydrogens is 270 g/mol. The van der Waals surface area contributed by atoms with Gasteiger partial charge in [0.2, 0.25) is 0 Å². The Morgan fingerprint density at radius 2 is 1.90 bits per heavy atom. The van der Waals surface area contributed by atoms with Gasteiger partial charge in [0.1, 0.15) is 11.4 Å². The minimum atomic E-state index is 0. The van der Waals surface area contributed by atoms with Gasteiger partial charge in [0.05, 0.1) is 0 Å². The third-order valence-corrected chi connectivity index (χ3v) is 5.32. The van der Waals surface area contributed by atoms with Crippen molar-refractivity contribution in [1.82, 2.24) is 4.90 Å². The Bertz CT molecular complexity index is 437. The van der Waals surface area contributed by atoms with Gasteiger partial charge in [-0.15, -0.1) is 12.4 Å². The maximum absolute atomic E-state index is 6.30. The predicted octanol–water partition coefficient (Wildman–Crippen LogP) is 3.68. The Hall–Kier alpha value is -0.730. The van der Waals surface area contributed by atoms with Crippen LogP contribution in [0.3, 0.4) is 0 Å². The summed E-state index contributed by atoms with van der Waals surface area (Å²) in [7, 11) is 0. The quantitative estimate of drug-likeness (QED) is 0.825. The average Bonchev–Trinajstić information content (AvgIpc) is 2.74. The highest BCUT2D eigenvalue weighted by molar-refractivity contribution is 5.85. The molecule has 20 heavy (non-hydrogen) atoms. The highest BCUT2D eigenvalue weighted by Crippen LogP contribution is 2.41. The van der Waals surface area contributed by atoms with Crippen molar-refractivity contribution < 1.29 is 4.74 Å². The van der Waals surface area contributed by atoms with E-state index in [9.17, 15) is 0 Å². The zero-order valence-electron chi connectivity index (χ0n) is 12.0. The van der Waals surface area contributed by atoms with Crippen molar-refractivity contribution in [2.24, 2.45) is 5.92 Å². The van der Waals surface area contributed by atoms with Crippen LogP contribution in [0, 0.1) is 5.92 Å². The van der Waals surface area contributed by atoms with Crippen LogP contribution >= 0.6 is 12.4 Å². The van der Waals surface area contributed by atoms with E-state index in [1.54, 1.807) is 0 Å². The Morgan fingerprint density at radius 1 is 1.15 bits per heavy atom. The van der Waals surface area contributed by atoms with Crippen LogP contribution < -0.4 is 4.74 Å². The Kier molecular flexibility index (Phi) is 3.96. The van der Waals surface area contributed by atoms with Gasteiger partial charge in [-0.1, -0.05) is 24.6 Å². The fourth-order valence-corrected chi connectivity index (χ4v) is 3.83. The molecule has 0 unspecified atom stereocenters. The number of para-hydroxylation sites is 1. The number of rotatable bonds is 2. The van der Waals surface area contributed by atoms with Gasteiger partial charge in [-0.05, 0) is 30.4 Å². The number of piperidine rings is 1. The van der Waals surface area contributed by atoms with Crippen molar-refractivity contribution in [2.75, 3.05) is 19.6 Å². The van der Waals surface area contributed by atoms with Crippen LogP contribution in [0.15, 0.2) is 24.3 Å².